The van der Waals surface area contributed by atoms with Crippen LogP contribution in [0.15, 0.2) is 54.7 Å². The molecule has 0 spiro atoms. The third kappa shape index (κ3) is 4.64. The molecule has 0 saturated carbocycles. The van der Waals surface area contributed by atoms with Gasteiger partial charge in [0.05, 0.1) is 0 Å². The molecule has 0 saturated heterocycles. The highest BCUT2D eigenvalue weighted by atomic mass is 19.1. The topological polar surface area (TPSA) is 30.0 Å². The van der Waals surface area contributed by atoms with E-state index >= 15 is 0 Å². The van der Waals surface area contributed by atoms with Gasteiger partial charge in [-0.25, -0.2) is 8.78 Å². The van der Waals surface area contributed by atoms with Crippen molar-refractivity contribution in [2.45, 2.75) is 33.1 Å². The van der Waals surface area contributed by atoms with E-state index in [0.717, 1.165) is 22.9 Å². The molecule has 27 heavy (non-hydrogen) atoms. The van der Waals surface area contributed by atoms with Crippen molar-refractivity contribution in [2.75, 3.05) is 0 Å². The van der Waals surface area contributed by atoms with E-state index in [4.69, 9.17) is 0 Å². The van der Waals surface area contributed by atoms with E-state index in [1.165, 1.54) is 12.1 Å². The van der Waals surface area contributed by atoms with Gasteiger partial charge in [0.1, 0.15) is 11.6 Å². The molecule has 3 aromatic rings. The number of ketones is 1. The number of rotatable bonds is 6. The number of nitrogens with zero attached hydrogens (tertiary/aromatic N) is 1. The lowest BCUT2D eigenvalue weighted by Crippen LogP contribution is -2.05. The van der Waals surface area contributed by atoms with Crippen LogP contribution < -0.4 is 0 Å². The van der Waals surface area contributed by atoms with Crippen molar-refractivity contribution >= 4 is 5.78 Å². The Morgan fingerprint density at radius 2 is 1.78 bits per heavy atom. The van der Waals surface area contributed by atoms with Crippen LogP contribution in [0.3, 0.4) is 0 Å². The van der Waals surface area contributed by atoms with Gasteiger partial charge in [-0.1, -0.05) is 29.8 Å². The average Bonchev–Trinajstić information content (AvgIpc) is 2.63. The van der Waals surface area contributed by atoms with E-state index in [1.807, 2.05) is 38.1 Å². The zero-order valence-electron chi connectivity index (χ0n) is 15.4. The Balaban J connectivity index is 1.62. The number of hydrogen-bond donors (Lipinski definition) is 0. The molecule has 0 radical (unpaired) electrons. The highest BCUT2D eigenvalue weighted by Gasteiger charge is 2.12. The zero-order valence-corrected chi connectivity index (χ0v) is 15.4. The van der Waals surface area contributed by atoms with Crippen molar-refractivity contribution in [3.05, 3.63) is 99.9 Å². The Morgan fingerprint density at radius 3 is 2.44 bits per heavy atom. The van der Waals surface area contributed by atoms with E-state index in [0.29, 0.717) is 36.0 Å². The number of pyridine rings is 1. The van der Waals surface area contributed by atoms with Crippen LogP contribution in [0.25, 0.3) is 0 Å². The van der Waals surface area contributed by atoms with E-state index in [1.54, 1.807) is 12.3 Å². The molecule has 3 rings (SSSR count). The van der Waals surface area contributed by atoms with Crippen LogP contribution in [-0.4, -0.2) is 10.8 Å². The Kier molecular flexibility index (Phi) is 5.75. The second-order valence-corrected chi connectivity index (χ2v) is 6.77. The zero-order chi connectivity index (χ0) is 19.4. The molecule has 0 bridgehead atoms. The van der Waals surface area contributed by atoms with Crippen molar-refractivity contribution in [1.29, 1.82) is 0 Å². The monoisotopic (exact) mass is 365 g/mol. The second-order valence-electron chi connectivity index (χ2n) is 6.77. The maximum absolute atomic E-state index is 13.6. The lowest BCUT2D eigenvalue weighted by atomic mass is 9.98. The third-order valence-corrected chi connectivity index (χ3v) is 4.61. The fraction of sp³-hybridized carbons (Fsp3) is 0.217. The summed E-state index contributed by atoms with van der Waals surface area (Å²) in [5, 5.41) is 0. The van der Waals surface area contributed by atoms with E-state index in [9.17, 15) is 13.6 Å². The summed E-state index contributed by atoms with van der Waals surface area (Å²) in [4.78, 5) is 17.0. The SMILES string of the molecule is Cc1ccc(C(=O)c2ccc(CCCc3ccc(F)cc3F)nc2)c(C)c1. The van der Waals surface area contributed by atoms with Gasteiger partial charge >= 0.3 is 0 Å². The number of aryl methyl sites for hydroxylation is 4. The molecule has 0 aliphatic heterocycles. The first-order valence-electron chi connectivity index (χ1n) is 8.95. The quantitative estimate of drug-likeness (QED) is 0.549. The molecular formula is C23H21F2NO. The van der Waals surface area contributed by atoms with Gasteiger partial charge in [0, 0.05) is 29.1 Å². The number of aromatic nitrogens is 1. The highest BCUT2D eigenvalue weighted by Crippen LogP contribution is 2.17. The molecule has 138 valence electrons. The van der Waals surface area contributed by atoms with Crippen molar-refractivity contribution in [3.63, 3.8) is 0 Å². The van der Waals surface area contributed by atoms with Crippen LogP contribution >= 0.6 is 0 Å². The molecule has 0 aliphatic carbocycles. The van der Waals surface area contributed by atoms with Gasteiger partial charge in [-0.05, 0) is 62.4 Å². The van der Waals surface area contributed by atoms with Crippen molar-refractivity contribution in [1.82, 2.24) is 4.98 Å². The minimum absolute atomic E-state index is 0.0417. The largest absolute Gasteiger partial charge is 0.289 e. The summed E-state index contributed by atoms with van der Waals surface area (Å²) in [6.45, 7) is 3.92. The van der Waals surface area contributed by atoms with Gasteiger partial charge in [0.15, 0.2) is 5.78 Å². The molecule has 1 aromatic heterocycles. The first kappa shape index (κ1) is 18.9. The molecule has 0 unspecified atom stereocenters. The van der Waals surface area contributed by atoms with Crippen molar-refractivity contribution in [2.24, 2.45) is 0 Å². The molecule has 0 N–H and O–H groups in total. The minimum Gasteiger partial charge on any atom is -0.289 e. The molecule has 0 fully saturated rings. The smallest absolute Gasteiger partial charge is 0.194 e. The summed E-state index contributed by atoms with van der Waals surface area (Å²) in [5.74, 6) is -1.13. The first-order chi connectivity index (χ1) is 12.9. The predicted octanol–water partition coefficient (Wildman–Crippen LogP) is 5.38. The summed E-state index contributed by atoms with van der Waals surface area (Å²) in [6, 6.07) is 13.0. The lowest BCUT2D eigenvalue weighted by Gasteiger charge is -2.07. The molecule has 2 aromatic carbocycles. The minimum atomic E-state index is -0.568. The van der Waals surface area contributed by atoms with E-state index in [-0.39, 0.29) is 5.78 Å². The van der Waals surface area contributed by atoms with Crippen LogP contribution in [-0.2, 0) is 12.8 Å². The van der Waals surface area contributed by atoms with Crippen molar-refractivity contribution in [3.8, 4) is 0 Å². The van der Waals surface area contributed by atoms with Gasteiger partial charge in [0.2, 0.25) is 0 Å². The van der Waals surface area contributed by atoms with Crippen LogP contribution in [0.2, 0.25) is 0 Å². The van der Waals surface area contributed by atoms with Gasteiger partial charge in [0.25, 0.3) is 0 Å². The summed E-state index contributed by atoms with van der Waals surface area (Å²) in [7, 11) is 0. The van der Waals surface area contributed by atoms with Gasteiger partial charge in [-0.2, -0.15) is 0 Å². The fourth-order valence-electron chi connectivity index (χ4n) is 3.11. The molecule has 0 aliphatic rings. The molecule has 0 atom stereocenters. The Morgan fingerprint density at radius 1 is 0.963 bits per heavy atom. The molecule has 0 amide bonds. The second kappa shape index (κ2) is 8.21. The maximum atomic E-state index is 13.6. The Hall–Kier alpha value is -2.88. The van der Waals surface area contributed by atoms with Gasteiger partial charge in [-0.3, -0.25) is 9.78 Å². The number of halogens is 2. The summed E-state index contributed by atoms with van der Waals surface area (Å²) in [6.07, 6.45) is 3.46. The summed E-state index contributed by atoms with van der Waals surface area (Å²) < 4.78 is 26.6. The standard InChI is InChI=1S/C23H21F2NO/c1-15-6-11-21(16(2)12-15)23(27)18-8-10-20(26-14-18)5-3-4-17-7-9-19(24)13-22(17)25/h6-14H,3-5H2,1-2H3. The Bertz CT molecular complexity index is 965. The fourth-order valence-corrected chi connectivity index (χ4v) is 3.11. The van der Waals surface area contributed by atoms with Crippen LogP contribution in [0.5, 0.6) is 0 Å². The van der Waals surface area contributed by atoms with E-state index in [2.05, 4.69) is 4.98 Å². The number of benzene rings is 2. The Labute approximate surface area is 157 Å². The maximum Gasteiger partial charge on any atom is 0.194 e. The van der Waals surface area contributed by atoms with E-state index < -0.39 is 11.6 Å². The predicted molar refractivity (Wildman–Crippen MR) is 102 cm³/mol. The summed E-state index contributed by atoms with van der Waals surface area (Å²) in [5.41, 5.74) is 4.64. The lowest BCUT2D eigenvalue weighted by molar-refractivity contribution is 0.103. The van der Waals surface area contributed by atoms with Crippen molar-refractivity contribution < 1.29 is 13.6 Å². The molecule has 2 nitrogen and oxygen atoms in total. The number of carbonyl (C=O) groups excluding carboxylic acids is 1. The third-order valence-electron chi connectivity index (χ3n) is 4.61. The molecule has 1 heterocycles. The number of carbonyl (C=O) groups is 1. The summed E-state index contributed by atoms with van der Waals surface area (Å²) >= 11 is 0. The average molecular weight is 365 g/mol. The number of hydrogen-bond acceptors (Lipinski definition) is 2. The normalized spacial score (nSPS) is 10.8. The highest BCUT2D eigenvalue weighted by molar-refractivity contribution is 6.09. The van der Waals surface area contributed by atoms with Gasteiger partial charge in [-0.15, -0.1) is 0 Å². The molecular weight excluding hydrogens is 344 g/mol. The molecule has 4 heteroatoms. The first-order valence-corrected chi connectivity index (χ1v) is 8.95. The van der Waals surface area contributed by atoms with Crippen LogP contribution in [0.4, 0.5) is 8.78 Å². The van der Waals surface area contributed by atoms with Crippen LogP contribution in [0.1, 0.15) is 44.7 Å². The van der Waals surface area contributed by atoms with Gasteiger partial charge < -0.3 is 0 Å². The van der Waals surface area contributed by atoms with Crippen LogP contribution in [0, 0.1) is 25.5 Å².